The van der Waals surface area contributed by atoms with Crippen molar-refractivity contribution in [3.63, 3.8) is 0 Å². The van der Waals surface area contributed by atoms with Crippen LogP contribution in [0, 0.1) is 0 Å². The molecular formula is C26H24N2S. The van der Waals surface area contributed by atoms with Gasteiger partial charge in [-0.05, 0) is 31.6 Å². The third kappa shape index (κ3) is 2.85. The van der Waals surface area contributed by atoms with Crippen molar-refractivity contribution in [3.05, 3.63) is 78.9 Å². The number of hydrogen-bond acceptors (Lipinski definition) is 2. The monoisotopic (exact) mass is 396 g/mol. The Morgan fingerprint density at radius 1 is 0.897 bits per heavy atom. The van der Waals surface area contributed by atoms with E-state index >= 15 is 0 Å². The Morgan fingerprint density at radius 2 is 1.66 bits per heavy atom. The zero-order chi connectivity index (χ0) is 19.8. The Labute approximate surface area is 174 Å². The van der Waals surface area contributed by atoms with Crippen LogP contribution in [0.3, 0.4) is 0 Å². The van der Waals surface area contributed by atoms with E-state index in [0.29, 0.717) is 0 Å². The molecule has 2 nitrogen and oxygen atoms in total. The summed E-state index contributed by atoms with van der Waals surface area (Å²) in [7, 11) is 0. The first-order chi connectivity index (χ1) is 14.3. The molecule has 0 saturated carbocycles. The van der Waals surface area contributed by atoms with Crippen molar-refractivity contribution >= 4 is 59.1 Å². The molecule has 0 aliphatic rings. The van der Waals surface area contributed by atoms with E-state index in [4.69, 9.17) is 0 Å². The largest absolute Gasteiger partial charge is 0.371 e. The predicted octanol–water partition coefficient (Wildman–Crippen LogP) is 7.54. The van der Waals surface area contributed by atoms with Crippen molar-refractivity contribution < 1.29 is 0 Å². The standard InChI is InChI=1S/C26H24N2S/c1-3-5-6-15-24(27-4-2)28-22-13-9-7-11-18(22)20-16-17-21-19-12-8-10-14-23(19)29-26(21)25(20)28/h5-17,27H,3-4H2,1-2H3/b6-5-,24-15+. The molecule has 0 aliphatic carbocycles. The number of rotatable bonds is 5. The molecule has 0 aliphatic heterocycles. The zero-order valence-electron chi connectivity index (χ0n) is 16.8. The van der Waals surface area contributed by atoms with Crippen LogP contribution in [0.15, 0.2) is 78.9 Å². The van der Waals surface area contributed by atoms with Crippen molar-refractivity contribution in [2.75, 3.05) is 6.54 Å². The SMILES string of the molecule is CC/C=C\C=C(/NCC)n1c2ccccc2c2ccc3c4ccccc4sc3c21. The minimum Gasteiger partial charge on any atom is -0.371 e. The maximum Gasteiger partial charge on any atom is 0.110 e. The quantitative estimate of drug-likeness (QED) is 0.304. The van der Waals surface area contributed by atoms with Gasteiger partial charge in [-0.1, -0.05) is 67.6 Å². The Bertz CT molecular complexity index is 1400. The van der Waals surface area contributed by atoms with E-state index in [1.807, 2.05) is 11.3 Å². The van der Waals surface area contributed by atoms with Crippen LogP contribution in [0.5, 0.6) is 0 Å². The lowest BCUT2D eigenvalue weighted by molar-refractivity contribution is 0.886. The summed E-state index contributed by atoms with van der Waals surface area (Å²) in [4.78, 5) is 0. The van der Waals surface area contributed by atoms with Gasteiger partial charge in [0.2, 0.25) is 0 Å². The number of thiophene rings is 1. The maximum atomic E-state index is 3.60. The van der Waals surface area contributed by atoms with Crippen LogP contribution in [0.25, 0.3) is 47.8 Å². The molecule has 5 rings (SSSR count). The van der Waals surface area contributed by atoms with E-state index in [1.54, 1.807) is 0 Å². The second-order valence-corrected chi connectivity index (χ2v) is 8.26. The molecule has 3 aromatic carbocycles. The average Bonchev–Trinajstić information content (AvgIpc) is 3.29. The summed E-state index contributed by atoms with van der Waals surface area (Å²) in [5, 5.41) is 8.88. The van der Waals surface area contributed by atoms with Gasteiger partial charge in [-0.2, -0.15) is 0 Å². The highest BCUT2D eigenvalue weighted by molar-refractivity contribution is 7.26. The third-order valence-electron chi connectivity index (χ3n) is 5.40. The lowest BCUT2D eigenvalue weighted by atomic mass is 10.1. The van der Waals surface area contributed by atoms with E-state index in [9.17, 15) is 0 Å². The summed E-state index contributed by atoms with van der Waals surface area (Å²) in [6, 6.07) is 22.0. The topological polar surface area (TPSA) is 17.0 Å². The highest BCUT2D eigenvalue weighted by Crippen LogP contribution is 2.42. The Balaban J connectivity index is 1.96. The fraction of sp³-hybridized carbons (Fsp3) is 0.154. The maximum absolute atomic E-state index is 3.60. The molecule has 0 saturated heterocycles. The van der Waals surface area contributed by atoms with Gasteiger partial charge < -0.3 is 5.32 Å². The van der Waals surface area contributed by atoms with E-state index in [2.05, 4.69) is 103 Å². The predicted molar refractivity (Wildman–Crippen MR) is 130 cm³/mol. The molecule has 2 heterocycles. The number of allylic oxidation sites excluding steroid dienone is 3. The van der Waals surface area contributed by atoms with Gasteiger partial charge in [-0.15, -0.1) is 11.3 Å². The lowest BCUT2D eigenvalue weighted by Gasteiger charge is -2.14. The Morgan fingerprint density at radius 3 is 2.48 bits per heavy atom. The number of benzene rings is 3. The molecule has 0 atom stereocenters. The summed E-state index contributed by atoms with van der Waals surface area (Å²) in [6.45, 7) is 5.20. The average molecular weight is 397 g/mol. The molecule has 0 amide bonds. The number of nitrogens with one attached hydrogen (secondary N) is 1. The molecule has 0 spiro atoms. The lowest BCUT2D eigenvalue weighted by Crippen LogP contribution is -2.16. The highest BCUT2D eigenvalue weighted by atomic mass is 32.1. The van der Waals surface area contributed by atoms with Crippen LogP contribution < -0.4 is 5.32 Å². The highest BCUT2D eigenvalue weighted by Gasteiger charge is 2.17. The van der Waals surface area contributed by atoms with Gasteiger partial charge in [0, 0.05) is 32.8 Å². The van der Waals surface area contributed by atoms with Gasteiger partial charge in [-0.25, -0.2) is 0 Å². The van der Waals surface area contributed by atoms with Crippen LogP contribution in [-0.2, 0) is 0 Å². The third-order valence-corrected chi connectivity index (χ3v) is 6.60. The van der Waals surface area contributed by atoms with Gasteiger partial charge in [0.05, 0.1) is 15.7 Å². The first kappa shape index (κ1) is 18.0. The summed E-state index contributed by atoms with van der Waals surface area (Å²) in [5.74, 6) is 1.12. The van der Waals surface area contributed by atoms with Crippen molar-refractivity contribution in [1.82, 2.24) is 9.88 Å². The van der Waals surface area contributed by atoms with Gasteiger partial charge in [0.15, 0.2) is 0 Å². The molecule has 144 valence electrons. The van der Waals surface area contributed by atoms with Crippen LogP contribution in [0.1, 0.15) is 20.3 Å². The molecule has 0 fully saturated rings. The molecule has 0 bridgehead atoms. The van der Waals surface area contributed by atoms with Crippen LogP contribution in [0.4, 0.5) is 0 Å². The van der Waals surface area contributed by atoms with E-state index in [1.165, 1.54) is 42.0 Å². The second kappa shape index (κ2) is 7.41. The molecule has 5 aromatic rings. The summed E-state index contributed by atoms with van der Waals surface area (Å²) >= 11 is 1.89. The van der Waals surface area contributed by atoms with Crippen molar-refractivity contribution in [2.24, 2.45) is 0 Å². The van der Waals surface area contributed by atoms with Gasteiger partial charge >= 0.3 is 0 Å². The fourth-order valence-corrected chi connectivity index (χ4v) is 5.41. The normalized spacial score (nSPS) is 12.8. The van der Waals surface area contributed by atoms with Crippen LogP contribution >= 0.6 is 11.3 Å². The molecule has 0 unspecified atom stereocenters. The first-order valence-electron chi connectivity index (χ1n) is 10.3. The zero-order valence-corrected chi connectivity index (χ0v) is 17.6. The molecule has 0 radical (unpaired) electrons. The van der Waals surface area contributed by atoms with Crippen LogP contribution in [0.2, 0.25) is 0 Å². The number of para-hydroxylation sites is 1. The summed E-state index contributed by atoms with van der Waals surface area (Å²) in [5.41, 5.74) is 2.53. The fourth-order valence-electron chi connectivity index (χ4n) is 4.17. The number of fused-ring (bicyclic) bond motifs is 7. The van der Waals surface area contributed by atoms with Crippen molar-refractivity contribution in [3.8, 4) is 0 Å². The molecular weight excluding hydrogens is 372 g/mol. The Kier molecular flexibility index (Phi) is 4.61. The second-order valence-electron chi connectivity index (χ2n) is 7.21. The summed E-state index contributed by atoms with van der Waals surface area (Å²) < 4.78 is 5.10. The van der Waals surface area contributed by atoms with Gasteiger partial charge in [0.1, 0.15) is 5.82 Å². The Hall–Kier alpha value is -3.04. The van der Waals surface area contributed by atoms with Gasteiger partial charge in [-0.3, -0.25) is 4.57 Å². The van der Waals surface area contributed by atoms with E-state index in [-0.39, 0.29) is 0 Å². The first-order valence-corrected chi connectivity index (χ1v) is 11.1. The minimum atomic E-state index is 0.877. The summed E-state index contributed by atoms with van der Waals surface area (Å²) in [6.07, 6.45) is 7.58. The number of nitrogens with zero attached hydrogens (tertiary/aromatic N) is 1. The van der Waals surface area contributed by atoms with Crippen molar-refractivity contribution in [2.45, 2.75) is 20.3 Å². The number of aromatic nitrogens is 1. The minimum absolute atomic E-state index is 0.877. The molecule has 1 N–H and O–H groups in total. The smallest absolute Gasteiger partial charge is 0.110 e. The molecule has 29 heavy (non-hydrogen) atoms. The number of hydrogen-bond donors (Lipinski definition) is 1. The van der Waals surface area contributed by atoms with Crippen LogP contribution in [-0.4, -0.2) is 11.1 Å². The van der Waals surface area contributed by atoms with Gasteiger partial charge in [0.25, 0.3) is 0 Å². The molecule has 3 heteroatoms. The van der Waals surface area contributed by atoms with E-state index < -0.39 is 0 Å². The molecule has 2 aromatic heterocycles. The van der Waals surface area contributed by atoms with E-state index in [0.717, 1.165) is 18.8 Å². The van der Waals surface area contributed by atoms with Crippen molar-refractivity contribution in [1.29, 1.82) is 0 Å².